The maximum absolute atomic E-state index is 12.3. The van der Waals surface area contributed by atoms with Crippen LogP contribution in [0.1, 0.15) is 50.7 Å². The second-order valence-electron chi connectivity index (χ2n) is 4.81. The molecule has 2 aromatic rings. The molecule has 0 spiro atoms. The number of aromatic nitrogens is 2. The van der Waals surface area contributed by atoms with E-state index in [1.54, 1.807) is 20.8 Å². The third-order valence-corrected chi connectivity index (χ3v) is 3.42. The number of hydrogen-bond donors (Lipinski definition) is 0. The van der Waals surface area contributed by atoms with Gasteiger partial charge in [-0.1, -0.05) is 0 Å². The minimum absolute atomic E-state index is 0.0171. The van der Waals surface area contributed by atoms with E-state index >= 15 is 0 Å². The fourth-order valence-electron chi connectivity index (χ4n) is 2.41. The molecular formula is C16H18N2O6. The van der Waals surface area contributed by atoms with Crippen molar-refractivity contribution in [3.05, 3.63) is 34.9 Å². The van der Waals surface area contributed by atoms with Gasteiger partial charge in [0.2, 0.25) is 0 Å². The molecule has 0 fully saturated rings. The lowest BCUT2D eigenvalue weighted by Crippen LogP contribution is -2.11. The maximum atomic E-state index is 12.3. The molecule has 2 heterocycles. The van der Waals surface area contributed by atoms with Crippen molar-refractivity contribution in [1.82, 2.24) is 9.38 Å². The summed E-state index contributed by atoms with van der Waals surface area (Å²) in [5.41, 5.74) is 1.09. The van der Waals surface area contributed by atoms with Crippen LogP contribution in [0.15, 0.2) is 12.4 Å². The summed E-state index contributed by atoms with van der Waals surface area (Å²) in [6.07, 6.45) is 1.28. The smallest absolute Gasteiger partial charge is 0.356 e. The molecule has 0 aromatic carbocycles. The molecule has 0 saturated heterocycles. The van der Waals surface area contributed by atoms with Crippen LogP contribution in [0.5, 0.6) is 0 Å². The molecule has 2 aromatic heterocycles. The average molecular weight is 334 g/mol. The number of fused-ring (bicyclic) bond motifs is 1. The number of methoxy groups -OCH3 is 1. The molecule has 0 atom stereocenters. The summed E-state index contributed by atoms with van der Waals surface area (Å²) in [4.78, 5) is 40.2. The Morgan fingerprint density at radius 3 is 2.29 bits per heavy atom. The summed E-state index contributed by atoms with van der Waals surface area (Å²) in [6.45, 7) is 5.35. The average Bonchev–Trinajstić information content (AvgIpc) is 2.85. The van der Waals surface area contributed by atoms with Crippen molar-refractivity contribution < 1.29 is 28.6 Å². The van der Waals surface area contributed by atoms with Crippen LogP contribution in [0, 0.1) is 6.92 Å². The van der Waals surface area contributed by atoms with E-state index in [9.17, 15) is 14.4 Å². The lowest BCUT2D eigenvalue weighted by atomic mass is 10.1. The van der Waals surface area contributed by atoms with Crippen molar-refractivity contribution in [3.63, 3.8) is 0 Å². The largest absolute Gasteiger partial charge is 0.464 e. The number of carbonyl (C=O) groups excluding carboxylic acids is 3. The summed E-state index contributed by atoms with van der Waals surface area (Å²) < 4.78 is 16.1. The van der Waals surface area contributed by atoms with Crippen LogP contribution in [0.2, 0.25) is 0 Å². The van der Waals surface area contributed by atoms with E-state index in [0.29, 0.717) is 11.1 Å². The SMILES string of the molecule is CCOC(=O)c1c(C)c(C(=O)OCC)n2cnc(C(=O)OC)cc12. The van der Waals surface area contributed by atoms with Gasteiger partial charge >= 0.3 is 17.9 Å². The fraction of sp³-hybridized carbons (Fsp3) is 0.375. The molecule has 0 amide bonds. The molecule has 128 valence electrons. The standard InChI is InChI=1S/C16H18N2O6/c1-5-23-15(20)12-9(3)13(16(21)24-6-2)18-8-17-10(7-11(12)18)14(19)22-4/h7-8H,5-6H2,1-4H3. The normalized spacial score (nSPS) is 10.5. The highest BCUT2D eigenvalue weighted by atomic mass is 16.5. The molecular weight excluding hydrogens is 316 g/mol. The van der Waals surface area contributed by atoms with Gasteiger partial charge in [-0.15, -0.1) is 0 Å². The highest BCUT2D eigenvalue weighted by Gasteiger charge is 2.27. The number of carbonyl (C=O) groups is 3. The summed E-state index contributed by atoms with van der Waals surface area (Å²) in [5, 5.41) is 0. The van der Waals surface area contributed by atoms with E-state index in [4.69, 9.17) is 9.47 Å². The van der Waals surface area contributed by atoms with Gasteiger partial charge in [0.15, 0.2) is 5.69 Å². The molecule has 0 radical (unpaired) electrons. The van der Waals surface area contributed by atoms with Crippen LogP contribution in [-0.2, 0) is 14.2 Å². The summed E-state index contributed by atoms with van der Waals surface area (Å²) in [7, 11) is 1.23. The van der Waals surface area contributed by atoms with Gasteiger partial charge in [0, 0.05) is 0 Å². The first-order valence-corrected chi connectivity index (χ1v) is 7.39. The highest BCUT2D eigenvalue weighted by Crippen LogP contribution is 2.25. The zero-order valence-corrected chi connectivity index (χ0v) is 13.9. The van der Waals surface area contributed by atoms with Gasteiger partial charge in [0.05, 0.1) is 31.4 Å². The van der Waals surface area contributed by atoms with Crippen LogP contribution in [0.3, 0.4) is 0 Å². The minimum Gasteiger partial charge on any atom is -0.464 e. The minimum atomic E-state index is -0.649. The molecule has 0 saturated carbocycles. The second-order valence-corrected chi connectivity index (χ2v) is 4.81. The molecule has 0 N–H and O–H groups in total. The van der Waals surface area contributed by atoms with Crippen LogP contribution in [-0.4, -0.2) is 47.6 Å². The molecule has 0 bridgehead atoms. The van der Waals surface area contributed by atoms with Crippen LogP contribution in [0.4, 0.5) is 0 Å². The lowest BCUT2D eigenvalue weighted by Gasteiger charge is -2.04. The van der Waals surface area contributed by atoms with Crippen LogP contribution < -0.4 is 0 Å². The zero-order chi connectivity index (χ0) is 17.9. The third kappa shape index (κ3) is 2.94. The maximum Gasteiger partial charge on any atom is 0.356 e. The molecule has 0 aliphatic rings. The van der Waals surface area contributed by atoms with E-state index < -0.39 is 17.9 Å². The Bertz CT molecular complexity index is 808. The van der Waals surface area contributed by atoms with Gasteiger partial charge in [-0.3, -0.25) is 4.40 Å². The van der Waals surface area contributed by atoms with Crippen molar-refractivity contribution in [2.24, 2.45) is 0 Å². The Morgan fingerprint density at radius 2 is 1.71 bits per heavy atom. The van der Waals surface area contributed by atoms with Gasteiger partial charge in [0.1, 0.15) is 12.0 Å². The van der Waals surface area contributed by atoms with Crippen LogP contribution in [0.25, 0.3) is 5.52 Å². The Labute approximate surface area is 138 Å². The monoisotopic (exact) mass is 334 g/mol. The molecule has 8 nitrogen and oxygen atoms in total. The third-order valence-electron chi connectivity index (χ3n) is 3.42. The Kier molecular flexibility index (Phi) is 5.18. The Morgan fingerprint density at radius 1 is 1.08 bits per heavy atom. The first-order chi connectivity index (χ1) is 11.5. The number of rotatable bonds is 5. The van der Waals surface area contributed by atoms with E-state index in [1.165, 1.54) is 23.9 Å². The quantitative estimate of drug-likeness (QED) is 0.607. The second kappa shape index (κ2) is 7.12. The van der Waals surface area contributed by atoms with Gasteiger partial charge in [-0.25, -0.2) is 19.4 Å². The van der Waals surface area contributed by atoms with Crippen molar-refractivity contribution in [2.75, 3.05) is 20.3 Å². The topological polar surface area (TPSA) is 96.2 Å². The molecule has 8 heteroatoms. The van der Waals surface area contributed by atoms with Crippen molar-refractivity contribution in [3.8, 4) is 0 Å². The van der Waals surface area contributed by atoms with E-state index in [-0.39, 0.29) is 30.2 Å². The van der Waals surface area contributed by atoms with E-state index in [1.807, 2.05) is 0 Å². The van der Waals surface area contributed by atoms with Crippen LogP contribution >= 0.6 is 0 Å². The predicted octanol–water partition coefficient (Wildman–Crippen LogP) is 1.78. The highest BCUT2D eigenvalue weighted by molar-refractivity contribution is 6.05. The van der Waals surface area contributed by atoms with Crippen molar-refractivity contribution >= 4 is 23.4 Å². The zero-order valence-electron chi connectivity index (χ0n) is 13.9. The van der Waals surface area contributed by atoms with E-state index in [2.05, 4.69) is 9.72 Å². The molecule has 24 heavy (non-hydrogen) atoms. The predicted molar refractivity (Wildman–Crippen MR) is 83.2 cm³/mol. The van der Waals surface area contributed by atoms with Gasteiger partial charge in [0.25, 0.3) is 0 Å². The number of ether oxygens (including phenoxy) is 3. The van der Waals surface area contributed by atoms with Crippen molar-refractivity contribution in [2.45, 2.75) is 20.8 Å². The van der Waals surface area contributed by atoms with Crippen molar-refractivity contribution in [1.29, 1.82) is 0 Å². The van der Waals surface area contributed by atoms with E-state index in [0.717, 1.165) is 0 Å². The van der Waals surface area contributed by atoms with Gasteiger partial charge in [-0.2, -0.15) is 0 Å². The summed E-state index contributed by atoms with van der Waals surface area (Å²) in [6, 6.07) is 1.38. The molecule has 0 aliphatic heterocycles. The molecule has 0 unspecified atom stereocenters. The lowest BCUT2D eigenvalue weighted by molar-refractivity contribution is 0.0516. The summed E-state index contributed by atoms with van der Waals surface area (Å²) in [5.74, 6) is -1.83. The number of nitrogens with zero attached hydrogens (tertiary/aromatic N) is 2. The number of esters is 3. The Balaban J connectivity index is 2.75. The summed E-state index contributed by atoms with van der Waals surface area (Å²) >= 11 is 0. The molecule has 0 aliphatic carbocycles. The first kappa shape index (κ1) is 17.5. The molecule has 2 rings (SSSR count). The number of hydrogen-bond acceptors (Lipinski definition) is 7. The first-order valence-electron chi connectivity index (χ1n) is 7.39. The fourth-order valence-corrected chi connectivity index (χ4v) is 2.41. The van der Waals surface area contributed by atoms with Gasteiger partial charge < -0.3 is 14.2 Å². The Hall–Kier alpha value is -2.90. The van der Waals surface area contributed by atoms with Gasteiger partial charge in [-0.05, 0) is 32.4 Å².